The summed E-state index contributed by atoms with van der Waals surface area (Å²) in [5.74, 6) is 0.182. The van der Waals surface area contributed by atoms with E-state index in [0.717, 1.165) is 39.0 Å². The number of aliphatic hydroxyl groups is 1. The number of rotatable bonds is 2. The van der Waals surface area contributed by atoms with Crippen molar-refractivity contribution >= 4 is 5.91 Å². The van der Waals surface area contributed by atoms with Crippen molar-refractivity contribution in [2.75, 3.05) is 40.3 Å². The number of piperidine rings is 1. The Morgan fingerprint density at radius 1 is 1.22 bits per heavy atom. The fraction of sp³-hybridized carbons (Fsp3) is 0.923. The number of aliphatic hydroxyl groups excluding tert-OH is 1. The van der Waals surface area contributed by atoms with Gasteiger partial charge in [-0.2, -0.15) is 0 Å². The lowest BCUT2D eigenvalue weighted by atomic mass is 10.0. The van der Waals surface area contributed by atoms with E-state index in [1.165, 1.54) is 0 Å². The minimum absolute atomic E-state index is 0.182. The summed E-state index contributed by atoms with van der Waals surface area (Å²) in [5, 5.41) is 10.1. The van der Waals surface area contributed by atoms with Gasteiger partial charge in [-0.05, 0) is 26.9 Å². The molecule has 2 fully saturated rings. The van der Waals surface area contributed by atoms with E-state index in [1.807, 2.05) is 19.0 Å². The Morgan fingerprint density at radius 2 is 1.83 bits per heavy atom. The van der Waals surface area contributed by atoms with Crippen LogP contribution >= 0.6 is 0 Å². The highest BCUT2D eigenvalue weighted by Gasteiger charge is 2.37. The third-order valence-electron chi connectivity index (χ3n) is 4.38. The molecule has 5 nitrogen and oxygen atoms in total. The molecule has 5 heteroatoms. The maximum Gasteiger partial charge on any atom is 0.219 e. The van der Waals surface area contributed by atoms with E-state index in [2.05, 4.69) is 9.80 Å². The zero-order valence-electron chi connectivity index (χ0n) is 11.7. The minimum Gasteiger partial charge on any atom is -0.390 e. The molecule has 0 saturated carbocycles. The highest BCUT2D eigenvalue weighted by molar-refractivity contribution is 5.73. The molecule has 2 atom stereocenters. The minimum atomic E-state index is -0.245. The molecule has 104 valence electrons. The summed E-state index contributed by atoms with van der Waals surface area (Å²) in [4.78, 5) is 17.7. The number of hydrogen-bond donors (Lipinski definition) is 1. The van der Waals surface area contributed by atoms with Crippen LogP contribution in [0.2, 0.25) is 0 Å². The Labute approximate surface area is 109 Å². The molecule has 0 radical (unpaired) electrons. The normalized spacial score (nSPS) is 31.3. The van der Waals surface area contributed by atoms with E-state index < -0.39 is 0 Å². The monoisotopic (exact) mass is 255 g/mol. The van der Waals surface area contributed by atoms with E-state index >= 15 is 0 Å². The molecule has 2 aliphatic rings. The largest absolute Gasteiger partial charge is 0.390 e. The van der Waals surface area contributed by atoms with Gasteiger partial charge >= 0.3 is 0 Å². The third kappa shape index (κ3) is 2.84. The molecule has 0 aromatic heterocycles. The van der Waals surface area contributed by atoms with Crippen LogP contribution in [0, 0.1) is 0 Å². The molecule has 0 bridgehead atoms. The van der Waals surface area contributed by atoms with Crippen LogP contribution in [0.15, 0.2) is 0 Å². The summed E-state index contributed by atoms with van der Waals surface area (Å²) in [6.45, 7) is 5.08. The molecule has 2 saturated heterocycles. The molecule has 2 rings (SSSR count). The van der Waals surface area contributed by atoms with Crippen LogP contribution in [0.25, 0.3) is 0 Å². The van der Waals surface area contributed by atoms with Gasteiger partial charge in [0.2, 0.25) is 5.91 Å². The average Bonchev–Trinajstić information content (AvgIpc) is 2.71. The molecule has 0 aliphatic carbocycles. The van der Waals surface area contributed by atoms with Crippen LogP contribution < -0.4 is 0 Å². The zero-order chi connectivity index (χ0) is 13.3. The van der Waals surface area contributed by atoms with Crippen LogP contribution in [0.1, 0.15) is 19.8 Å². The van der Waals surface area contributed by atoms with Gasteiger partial charge in [-0.3, -0.25) is 9.69 Å². The van der Waals surface area contributed by atoms with Gasteiger partial charge < -0.3 is 14.9 Å². The standard InChI is InChI=1S/C13H25N3O2/c1-10(17)15-6-4-11(5-7-15)16-8-12(14(2)3)13(18)9-16/h11-13,18H,4-9H2,1-3H3/t12-,13-/m0/s1. The molecule has 0 aromatic rings. The summed E-state index contributed by atoms with van der Waals surface area (Å²) in [6.07, 6.45) is 1.82. The summed E-state index contributed by atoms with van der Waals surface area (Å²) in [5.41, 5.74) is 0. The average molecular weight is 255 g/mol. The Balaban J connectivity index is 1.86. The SMILES string of the molecule is CC(=O)N1CCC(N2C[C@H](O)[C@@H](N(C)C)C2)CC1. The Kier molecular flexibility index (Phi) is 4.25. The number of carbonyl (C=O) groups excluding carboxylic acids is 1. The van der Waals surface area contributed by atoms with Gasteiger partial charge in [-0.1, -0.05) is 0 Å². The van der Waals surface area contributed by atoms with Gasteiger partial charge in [0.05, 0.1) is 6.10 Å². The lowest BCUT2D eigenvalue weighted by Crippen LogP contribution is -2.46. The smallest absolute Gasteiger partial charge is 0.219 e. The van der Waals surface area contributed by atoms with Gasteiger partial charge in [0.15, 0.2) is 0 Å². The number of likely N-dealkylation sites (tertiary alicyclic amines) is 2. The fourth-order valence-corrected chi connectivity index (χ4v) is 3.15. The number of nitrogens with zero attached hydrogens (tertiary/aromatic N) is 3. The van der Waals surface area contributed by atoms with Gasteiger partial charge in [0.25, 0.3) is 0 Å². The Morgan fingerprint density at radius 3 is 2.28 bits per heavy atom. The van der Waals surface area contributed by atoms with Crippen molar-refractivity contribution in [1.29, 1.82) is 0 Å². The van der Waals surface area contributed by atoms with E-state index in [0.29, 0.717) is 6.04 Å². The second kappa shape index (κ2) is 5.55. The number of carbonyl (C=O) groups is 1. The molecule has 18 heavy (non-hydrogen) atoms. The van der Waals surface area contributed by atoms with E-state index in [-0.39, 0.29) is 18.1 Å². The maximum absolute atomic E-state index is 11.3. The van der Waals surface area contributed by atoms with Crippen molar-refractivity contribution in [3.63, 3.8) is 0 Å². The van der Waals surface area contributed by atoms with Crippen molar-refractivity contribution in [3.8, 4) is 0 Å². The summed E-state index contributed by atoms with van der Waals surface area (Å²) < 4.78 is 0. The van der Waals surface area contributed by atoms with Crippen molar-refractivity contribution in [1.82, 2.24) is 14.7 Å². The van der Waals surface area contributed by atoms with Gasteiger partial charge in [-0.15, -0.1) is 0 Å². The van der Waals surface area contributed by atoms with Crippen LogP contribution in [-0.2, 0) is 4.79 Å². The first kappa shape index (κ1) is 13.8. The topological polar surface area (TPSA) is 47.0 Å². The molecule has 0 aromatic carbocycles. The first-order chi connectivity index (χ1) is 8.49. The summed E-state index contributed by atoms with van der Waals surface area (Å²) in [6, 6.07) is 0.774. The lowest BCUT2D eigenvalue weighted by Gasteiger charge is -2.36. The van der Waals surface area contributed by atoms with Crippen LogP contribution in [0.4, 0.5) is 0 Å². The van der Waals surface area contributed by atoms with E-state index in [1.54, 1.807) is 6.92 Å². The molecule has 2 aliphatic heterocycles. The lowest BCUT2D eigenvalue weighted by molar-refractivity contribution is -0.130. The molecule has 0 spiro atoms. The second-order valence-corrected chi connectivity index (χ2v) is 5.79. The second-order valence-electron chi connectivity index (χ2n) is 5.79. The first-order valence-corrected chi connectivity index (χ1v) is 6.83. The van der Waals surface area contributed by atoms with Gasteiger partial charge in [-0.25, -0.2) is 0 Å². The van der Waals surface area contributed by atoms with Crippen LogP contribution in [0.5, 0.6) is 0 Å². The van der Waals surface area contributed by atoms with Gasteiger partial charge in [0.1, 0.15) is 0 Å². The van der Waals surface area contributed by atoms with Crippen molar-refractivity contribution in [3.05, 3.63) is 0 Å². The number of likely N-dealkylation sites (N-methyl/N-ethyl adjacent to an activating group) is 1. The van der Waals surface area contributed by atoms with Crippen molar-refractivity contribution in [2.45, 2.75) is 38.0 Å². The maximum atomic E-state index is 11.3. The highest BCUT2D eigenvalue weighted by Crippen LogP contribution is 2.23. The van der Waals surface area contributed by atoms with Crippen molar-refractivity contribution < 1.29 is 9.90 Å². The highest BCUT2D eigenvalue weighted by atomic mass is 16.3. The molecule has 1 amide bonds. The quantitative estimate of drug-likeness (QED) is 0.730. The first-order valence-electron chi connectivity index (χ1n) is 6.83. The van der Waals surface area contributed by atoms with E-state index in [9.17, 15) is 9.90 Å². The molecule has 1 N–H and O–H groups in total. The van der Waals surface area contributed by atoms with Crippen LogP contribution in [0.3, 0.4) is 0 Å². The molecular weight excluding hydrogens is 230 g/mol. The zero-order valence-corrected chi connectivity index (χ0v) is 11.7. The van der Waals surface area contributed by atoms with Crippen LogP contribution in [-0.4, -0.2) is 84.2 Å². The Bertz CT molecular complexity index is 301. The molecular formula is C13H25N3O2. The third-order valence-corrected chi connectivity index (χ3v) is 4.38. The predicted octanol–water partition coefficient (Wildman–Crippen LogP) is -0.396. The fourth-order valence-electron chi connectivity index (χ4n) is 3.15. The molecule has 0 unspecified atom stereocenters. The van der Waals surface area contributed by atoms with Gasteiger partial charge in [0, 0.05) is 45.2 Å². The molecule has 2 heterocycles. The van der Waals surface area contributed by atoms with Crippen molar-refractivity contribution in [2.24, 2.45) is 0 Å². The number of β-amino-alcohol motifs (C(OH)–C–C–N with tert-alkyl or cyclic N) is 1. The number of amides is 1. The van der Waals surface area contributed by atoms with E-state index in [4.69, 9.17) is 0 Å². The Hall–Kier alpha value is -0.650. The number of hydrogen-bond acceptors (Lipinski definition) is 4. The summed E-state index contributed by atoms with van der Waals surface area (Å²) in [7, 11) is 4.05. The summed E-state index contributed by atoms with van der Waals surface area (Å²) >= 11 is 0. The predicted molar refractivity (Wildman–Crippen MR) is 70.3 cm³/mol.